The van der Waals surface area contributed by atoms with Gasteiger partial charge in [-0.3, -0.25) is 4.79 Å². The number of likely N-dealkylation sites (tertiary alicyclic amines) is 1. The monoisotopic (exact) mass is 342 g/mol. The molecule has 0 N–H and O–H groups in total. The molecule has 0 radical (unpaired) electrons. The normalized spacial score (nSPS) is 17.6. The van der Waals surface area contributed by atoms with Crippen molar-refractivity contribution in [3.63, 3.8) is 0 Å². The van der Waals surface area contributed by atoms with E-state index in [-0.39, 0.29) is 11.9 Å². The van der Waals surface area contributed by atoms with E-state index < -0.39 is 0 Å². The van der Waals surface area contributed by atoms with E-state index >= 15 is 0 Å². The van der Waals surface area contributed by atoms with E-state index in [1.54, 1.807) is 13.3 Å². The molecule has 126 valence electrons. The molecule has 3 rings (SSSR count). The number of ether oxygens (including phenoxy) is 1. The maximum atomic E-state index is 13.2. The number of benzene rings is 1. The van der Waals surface area contributed by atoms with Gasteiger partial charge < -0.3 is 9.64 Å². The van der Waals surface area contributed by atoms with Crippen molar-refractivity contribution >= 4 is 17.7 Å². The van der Waals surface area contributed by atoms with Crippen molar-refractivity contribution in [2.75, 3.05) is 19.9 Å². The number of carbonyl (C=O) groups excluding carboxylic acids is 1. The van der Waals surface area contributed by atoms with Gasteiger partial charge in [-0.25, -0.2) is 4.98 Å². The summed E-state index contributed by atoms with van der Waals surface area (Å²) in [5, 5.41) is 0.789. The quantitative estimate of drug-likeness (QED) is 0.782. The third kappa shape index (κ3) is 3.41. The number of rotatable bonds is 4. The second kappa shape index (κ2) is 7.71. The topological polar surface area (TPSA) is 42.4 Å². The first-order valence-electron chi connectivity index (χ1n) is 8.18. The van der Waals surface area contributed by atoms with Crippen molar-refractivity contribution in [2.45, 2.75) is 30.3 Å². The molecule has 0 aliphatic carbocycles. The van der Waals surface area contributed by atoms with E-state index in [0.717, 1.165) is 42.1 Å². The summed E-state index contributed by atoms with van der Waals surface area (Å²) in [6, 6.07) is 11.8. The van der Waals surface area contributed by atoms with Crippen LogP contribution in [-0.4, -0.2) is 35.7 Å². The number of pyridine rings is 1. The summed E-state index contributed by atoms with van der Waals surface area (Å²) in [4.78, 5) is 19.5. The number of piperidine rings is 1. The van der Waals surface area contributed by atoms with Crippen LogP contribution in [0, 0.1) is 0 Å². The van der Waals surface area contributed by atoms with Crippen LogP contribution in [0.15, 0.2) is 47.6 Å². The molecule has 1 fully saturated rings. The first-order valence-corrected chi connectivity index (χ1v) is 9.41. The Bertz CT molecular complexity index is 720. The smallest absolute Gasteiger partial charge is 0.257 e. The lowest BCUT2D eigenvalue weighted by molar-refractivity contribution is 0.0606. The van der Waals surface area contributed by atoms with Crippen molar-refractivity contribution in [2.24, 2.45) is 0 Å². The van der Waals surface area contributed by atoms with Crippen LogP contribution in [0.25, 0.3) is 0 Å². The van der Waals surface area contributed by atoms with E-state index in [1.807, 2.05) is 41.5 Å². The van der Waals surface area contributed by atoms with Crippen LogP contribution in [0.1, 0.15) is 41.2 Å². The summed E-state index contributed by atoms with van der Waals surface area (Å²) in [5.41, 5.74) is 1.83. The standard InChI is InChI=1S/C19H22N2O2S/c1-23-15-8-5-7-14(13-15)17-10-3-4-12-21(17)19(22)16-9-6-11-20-18(16)24-2/h5-9,11,13,17H,3-4,10,12H2,1-2H3. The second-order valence-electron chi connectivity index (χ2n) is 5.85. The summed E-state index contributed by atoms with van der Waals surface area (Å²) < 4.78 is 5.35. The van der Waals surface area contributed by atoms with Crippen molar-refractivity contribution in [1.29, 1.82) is 0 Å². The van der Waals surface area contributed by atoms with Crippen LogP contribution in [0.3, 0.4) is 0 Å². The number of carbonyl (C=O) groups is 1. The fourth-order valence-electron chi connectivity index (χ4n) is 3.24. The first kappa shape index (κ1) is 16.8. The molecule has 1 amide bonds. The van der Waals surface area contributed by atoms with Crippen LogP contribution in [-0.2, 0) is 0 Å². The summed E-state index contributed by atoms with van der Waals surface area (Å²) >= 11 is 1.51. The van der Waals surface area contributed by atoms with Crippen LogP contribution in [0.4, 0.5) is 0 Å². The average Bonchev–Trinajstić information content (AvgIpc) is 2.67. The molecule has 1 aromatic carbocycles. The Morgan fingerprint density at radius 3 is 2.96 bits per heavy atom. The number of hydrogen-bond acceptors (Lipinski definition) is 4. The molecule has 0 bridgehead atoms. The predicted octanol–water partition coefficient (Wildman–Crippen LogP) is 4.18. The fourth-order valence-corrected chi connectivity index (χ4v) is 3.78. The number of hydrogen-bond donors (Lipinski definition) is 0. The van der Waals surface area contributed by atoms with Crippen molar-refractivity contribution in [1.82, 2.24) is 9.88 Å². The van der Waals surface area contributed by atoms with Crippen molar-refractivity contribution < 1.29 is 9.53 Å². The fraction of sp³-hybridized carbons (Fsp3) is 0.368. The number of aromatic nitrogens is 1. The van der Waals surface area contributed by atoms with Gasteiger partial charge >= 0.3 is 0 Å². The Kier molecular flexibility index (Phi) is 5.41. The van der Waals surface area contributed by atoms with Gasteiger partial charge in [-0.1, -0.05) is 12.1 Å². The SMILES string of the molecule is COc1cccc(C2CCCCN2C(=O)c2cccnc2SC)c1. The molecule has 1 atom stereocenters. The third-order valence-electron chi connectivity index (χ3n) is 4.44. The lowest BCUT2D eigenvalue weighted by Crippen LogP contribution is -2.38. The van der Waals surface area contributed by atoms with E-state index in [0.29, 0.717) is 5.56 Å². The minimum Gasteiger partial charge on any atom is -0.497 e. The summed E-state index contributed by atoms with van der Waals surface area (Å²) in [6.45, 7) is 0.781. The predicted molar refractivity (Wildman–Crippen MR) is 96.6 cm³/mol. The van der Waals surface area contributed by atoms with Crippen LogP contribution >= 0.6 is 11.8 Å². The van der Waals surface area contributed by atoms with E-state index in [4.69, 9.17) is 4.74 Å². The van der Waals surface area contributed by atoms with Crippen molar-refractivity contribution in [3.05, 3.63) is 53.7 Å². The van der Waals surface area contributed by atoms with Gasteiger partial charge in [0.1, 0.15) is 10.8 Å². The molecular weight excluding hydrogens is 320 g/mol. The third-order valence-corrected chi connectivity index (χ3v) is 5.15. The Morgan fingerprint density at radius 2 is 2.17 bits per heavy atom. The van der Waals surface area contributed by atoms with Gasteiger partial charge in [-0.15, -0.1) is 11.8 Å². The molecule has 1 saturated heterocycles. The molecular formula is C19H22N2O2S. The summed E-state index contributed by atoms with van der Waals surface area (Å²) in [5.74, 6) is 0.900. The average molecular weight is 342 g/mol. The molecule has 0 spiro atoms. The largest absolute Gasteiger partial charge is 0.497 e. The highest BCUT2D eigenvalue weighted by Gasteiger charge is 2.30. The van der Waals surface area contributed by atoms with Crippen LogP contribution < -0.4 is 4.74 Å². The lowest BCUT2D eigenvalue weighted by atomic mass is 9.94. The number of methoxy groups -OCH3 is 1. The number of thioether (sulfide) groups is 1. The van der Waals surface area contributed by atoms with Crippen molar-refractivity contribution in [3.8, 4) is 5.75 Å². The highest BCUT2D eigenvalue weighted by Crippen LogP contribution is 2.34. The minimum atomic E-state index is 0.0694. The van der Waals surface area contributed by atoms with Crippen LogP contribution in [0.5, 0.6) is 5.75 Å². The Labute approximate surface area is 147 Å². The van der Waals surface area contributed by atoms with Gasteiger partial charge in [0.25, 0.3) is 5.91 Å². The maximum Gasteiger partial charge on any atom is 0.257 e. The van der Waals surface area contributed by atoms with Gasteiger partial charge in [-0.05, 0) is 55.3 Å². The highest BCUT2D eigenvalue weighted by atomic mass is 32.2. The second-order valence-corrected chi connectivity index (χ2v) is 6.64. The van der Waals surface area contributed by atoms with E-state index in [9.17, 15) is 4.79 Å². The van der Waals surface area contributed by atoms with Gasteiger partial charge in [-0.2, -0.15) is 0 Å². The molecule has 1 unspecified atom stereocenters. The Morgan fingerprint density at radius 1 is 1.29 bits per heavy atom. The molecule has 0 saturated carbocycles. The number of nitrogens with zero attached hydrogens (tertiary/aromatic N) is 2. The van der Waals surface area contributed by atoms with Gasteiger partial charge in [0.05, 0.1) is 18.7 Å². The Balaban J connectivity index is 1.93. The maximum absolute atomic E-state index is 13.2. The van der Waals surface area contributed by atoms with Gasteiger partial charge in [0.15, 0.2) is 0 Å². The minimum absolute atomic E-state index is 0.0694. The van der Waals surface area contributed by atoms with Gasteiger partial charge in [0.2, 0.25) is 0 Å². The zero-order valence-corrected chi connectivity index (χ0v) is 14.9. The highest BCUT2D eigenvalue weighted by molar-refractivity contribution is 7.98. The van der Waals surface area contributed by atoms with E-state index in [2.05, 4.69) is 11.1 Å². The van der Waals surface area contributed by atoms with Gasteiger partial charge in [0, 0.05) is 12.7 Å². The summed E-state index contributed by atoms with van der Waals surface area (Å²) in [7, 11) is 1.67. The molecule has 5 heteroatoms. The Hall–Kier alpha value is -2.01. The molecule has 2 aromatic rings. The molecule has 24 heavy (non-hydrogen) atoms. The molecule has 4 nitrogen and oxygen atoms in total. The summed E-state index contributed by atoms with van der Waals surface area (Å²) in [6.07, 6.45) is 6.84. The lowest BCUT2D eigenvalue weighted by Gasteiger charge is -2.36. The number of amides is 1. The molecule has 1 aromatic heterocycles. The molecule has 1 aliphatic rings. The van der Waals surface area contributed by atoms with Crippen LogP contribution in [0.2, 0.25) is 0 Å². The first-order chi connectivity index (χ1) is 11.7. The van der Waals surface area contributed by atoms with E-state index in [1.165, 1.54) is 11.8 Å². The zero-order valence-electron chi connectivity index (χ0n) is 14.1. The molecule has 2 heterocycles. The molecule has 1 aliphatic heterocycles. The zero-order chi connectivity index (χ0) is 16.9.